The van der Waals surface area contributed by atoms with Gasteiger partial charge in [0.25, 0.3) is 15.9 Å². The Morgan fingerprint density at radius 3 is 2.59 bits per heavy atom. The first-order chi connectivity index (χ1) is 18.4. The third kappa shape index (κ3) is 5.12. The van der Waals surface area contributed by atoms with Gasteiger partial charge in [-0.15, -0.1) is 5.10 Å². The Bertz CT molecular complexity index is 1600. The topological polar surface area (TPSA) is 138 Å². The van der Waals surface area contributed by atoms with E-state index in [1.54, 1.807) is 24.8 Å². The molecular weight excluding hydrogens is 549 g/mol. The summed E-state index contributed by atoms with van der Waals surface area (Å²) in [5.74, 6) is -2.98. The number of aromatic nitrogens is 3. The zero-order chi connectivity index (χ0) is 28.1. The molecule has 1 spiro atoms. The summed E-state index contributed by atoms with van der Waals surface area (Å²) < 4.78 is 49.7. The molecule has 1 saturated carbocycles. The molecule has 13 heteroatoms. The van der Waals surface area contributed by atoms with E-state index in [1.807, 2.05) is 6.92 Å². The van der Waals surface area contributed by atoms with Gasteiger partial charge in [0.1, 0.15) is 17.6 Å². The fraction of sp³-hybridized carbons (Fsp3) is 0.462. The molecule has 2 atom stereocenters. The standard InChI is InChI=1S/C26H29ClFN5O5S/c1-14-5-7-18(28)20(15(14)2)16(3)21(23-30-31-25(35)38-23)32-39(36,37)19-8-6-17(27)22(29-19)24(34)33-12-11-26(13-33)9-4-10-26/h5-8,16,21,32H,4,9-13H2,1-3H3,(H,31,35). The first-order valence-electron chi connectivity index (χ1n) is 12.7. The van der Waals surface area contributed by atoms with Crippen LogP contribution >= 0.6 is 11.6 Å². The molecule has 39 heavy (non-hydrogen) atoms. The first kappa shape index (κ1) is 27.5. The third-order valence-corrected chi connectivity index (χ3v) is 9.78. The van der Waals surface area contributed by atoms with E-state index >= 15 is 0 Å². The van der Waals surface area contributed by atoms with Crippen LogP contribution in [0.25, 0.3) is 0 Å². The molecule has 2 aliphatic rings. The van der Waals surface area contributed by atoms with E-state index in [2.05, 4.69) is 19.9 Å². The summed E-state index contributed by atoms with van der Waals surface area (Å²) in [7, 11) is -4.43. The molecule has 1 saturated heterocycles. The lowest BCUT2D eigenvalue weighted by Crippen LogP contribution is -2.36. The SMILES string of the molecule is Cc1ccc(F)c(C(C)C(NS(=O)(=O)c2ccc(Cl)c(C(=O)N3CCC4(CCC4)C3)n2)c2n[nH]c(=O)o2)c1C. The van der Waals surface area contributed by atoms with Gasteiger partial charge in [-0.05, 0) is 73.4 Å². The van der Waals surface area contributed by atoms with Crippen molar-refractivity contribution in [2.75, 3.05) is 13.1 Å². The van der Waals surface area contributed by atoms with Gasteiger partial charge < -0.3 is 9.32 Å². The van der Waals surface area contributed by atoms with Gasteiger partial charge >= 0.3 is 5.76 Å². The number of rotatable bonds is 7. The van der Waals surface area contributed by atoms with Crippen LogP contribution in [0.4, 0.5) is 4.39 Å². The van der Waals surface area contributed by atoms with Crippen molar-refractivity contribution in [3.8, 4) is 0 Å². The predicted octanol–water partition coefficient (Wildman–Crippen LogP) is 4.01. The van der Waals surface area contributed by atoms with E-state index < -0.39 is 44.5 Å². The largest absolute Gasteiger partial charge is 0.434 e. The fourth-order valence-corrected chi connectivity index (χ4v) is 6.97. The van der Waals surface area contributed by atoms with Gasteiger partial charge in [-0.1, -0.05) is 31.0 Å². The van der Waals surface area contributed by atoms with Crippen LogP contribution in [0.2, 0.25) is 5.02 Å². The maximum Gasteiger partial charge on any atom is 0.434 e. The number of carbonyl (C=O) groups is 1. The van der Waals surface area contributed by atoms with E-state index in [0.717, 1.165) is 31.2 Å². The lowest BCUT2D eigenvalue weighted by atomic mass is 9.68. The summed E-state index contributed by atoms with van der Waals surface area (Å²) in [4.78, 5) is 30.8. The minimum atomic E-state index is -4.43. The van der Waals surface area contributed by atoms with Crippen molar-refractivity contribution < 1.29 is 22.0 Å². The van der Waals surface area contributed by atoms with Crippen molar-refractivity contribution in [1.82, 2.24) is 24.8 Å². The second kappa shape index (κ2) is 10.1. The number of H-pyrrole nitrogens is 1. The number of pyridine rings is 1. The highest BCUT2D eigenvalue weighted by Gasteiger charge is 2.45. The van der Waals surface area contributed by atoms with Gasteiger partial charge in [0.05, 0.1) is 5.02 Å². The molecule has 3 aromatic rings. The van der Waals surface area contributed by atoms with E-state index in [1.165, 1.54) is 18.2 Å². The van der Waals surface area contributed by atoms with Crippen molar-refractivity contribution in [2.45, 2.75) is 63.4 Å². The lowest BCUT2D eigenvalue weighted by Gasteiger charge is -2.37. The zero-order valence-electron chi connectivity index (χ0n) is 21.8. The van der Waals surface area contributed by atoms with Gasteiger partial charge in [-0.25, -0.2) is 27.7 Å². The van der Waals surface area contributed by atoms with Crippen molar-refractivity contribution in [1.29, 1.82) is 0 Å². The number of sulfonamides is 1. The summed E-state index contributed by atoms with van der Waals surface area (Å²) >= 11 is 6.29. The number of likely N-dealkylation sites (tertiary alicyclic amines) is 1. The summed E-state index contributed by atoms with van der Waals surface area (Å²) in [6.45, 7) is 6.29. The number of aromatic amines is 1. The van der Waals surface area contributed by atoms with Crippen molar-refractivity contribution in [3.05, 3.63) is 73.9 Å². The molecular formula is C26H29ClFN5O5S. The molecule has 5 rings (SSSR count). The molecule has 2 fully saturated rings. The molecule has 1 amide bonds. The number of hydrogen-bond donors (Lipinski definition) is 2. The maximum absolute atomic E-state index is 15.0. The van der Waals surface area contributed by atoms with Crippen molar-refractivity contribution >= 4 is 27.5 Å². The highest BCUT2D eigenvalue weighted by atomic mass is 35.5. The monoisotopic (exact) mass is 577 g/mol. The Kier molecular flexibility index (Phi) is 7.15. The zero-order valence-corrected chi connectivity index (χ0v) is 23.3. The highest BCUT2D eigenvalue weighted by Crippen LogP contribution is 2.48. The number of carbonyl (C=O) groups excluding carboxylic acids is 1. The maximum atomic E-state index is 15.0. The smallest absolute Gasteiger partial charge is 0.391 e. The van der Waals surface area contributed by atoms with Gasteiger partial charge in [-0.2, -0.15) is 4.72 Å². The van der Waals surface area contributed by atoms with Crippen molar-refractivity contribution in [2.24, 2.45) is 5.41 Å². The normalized spacial score (nSPS) is 18.2. The average Bonchev–Trinajstić information content (AvgIpc) is 3.52. The van der Waals surface area contributed by atoms with Crippen LogP contribution in [-0.2, 0) is 10.0 Å². The van der Waals surface area contributed by atoms with E-state index in [9.17, 15) is 22.4 Å². The Morgan fingerprint density at radius 2 is 1.97 bits per heavy atom. The molecule has 0 bridgehead atoms. The van der Waals surface area contributed by atoms with Crippen LogP contribution in [0.15, 0.2) is 38.5 Å². The van der Waals surface area contributed by atoms with Crippen LogP contribution in [-0.4, -0.2) is 47.5 Å². The number of benzene rings is 1. The molecule has 1 aliphatic carbocycles. The minimum absolute atomic E-state index is 0.0363. The van der Waals surface area contributed by atoms with E-state index in [4.69, 9.17) is 16.0 Å². The second-order valence-electron chi connectivity index (χ2n) is 10.6. The van der Waals surface area contributed by atoms with Gasteiger partial charge in [-0.3, -0.25) is 4.79 Å². The van der Waals surface area contributed by atoms with Crippen LogP contribution in [0.3, 0.4) is 0 Å². The van der Waals surface area contributed by atoms with Crippen LogP contribution in [0.1, 0.15) is 77.6 Å². The number of nitrogens with zero attached hydrogens (tertiary/aromatic N) is 3. The predicted molar refractivity (Wildman–Crippen MR) is 141 cm³/mol. The third-order valence-electron chi connectivity index (χ3n) is 8.13. The Morgan fingerprint density at radius 1 is 1.23 bits per heavy atom. The Balaban J connectivity index is 1.48. The number of amides is 1. The van der Waals surface area contributed by atoms with Gasteiger partial charge in [0.2, 0.25) is 5.89 Å². The number of aryl methyl sites for hydroxylation is 1. The molecule has 2 aromatic heterocycles. The summed E-state index contributed by atoms with van der Waals surface area (Å²) in [6, 6.07) is 4.13. The van der Waals surface area contributed by atoms with Crippen LogP contribution in [0.5, 0.6) is 0 Å². The molecule has 2 unspecified atom stereocenters. The van der Waals surface area contributed by atoms with Crippen LogP contribution < -0.4 is 10.5 Å². The van der Waals surface area contributed by atoms with Gasteiger partial charge in [0, 0.05) is 19.0 Å². The Labute approximate surface area is 230 Å². The molecule has 0 radical (unpaired) electrons. The second-order valence-corrected chi connectivity index (χ2v) is 12.6. The molecule has 1 aliphatic heterocycles. The highest BCUT2D eigenvalue weighted by molar-refractivity contribution is 7.89. The van der Waals surface area contributed by atoms with E-state index in [-0.39, 0.29) is 27.6 Å². The average molecular weight is 578 g/mol. The first-order valence-corrected chi connectivity index (χ1v) is 14.6. The fourth-order valence-electron chi connectivity index (χ4n) is 5.57. The summed E-state index contributed by atoms with van der Waals surface area (Å²) in [5, 5.41) is 5.50. The quantitative estimate of drug-likeness (QED) is 0.432. The van der Waals surface area contributed by atoms with E-state index in [0.29, 0.717) is 18.7 Å². The molecule has 3 heterocycles. The molecule has 1 aromatic carbocycles. The number of halogens is 2. The summed E-state index contributed by atoms with van der Waals surface area (Å²) in [6.07, 6.45) is 4.18. The lowest BCUT2D eigenvalue weighted by molar-refractivity contribution is 0.0726. The van der Waals surface area contributed by atoms with Crippen molar-refractivity contribution in [3.63, 3.8) is 0 Å². The number of hydrogen-bond acceptors (Lipinski definition) is 7. The molecule has 2 N–H and O–H groups in total. The van der Waals surface area contributed by atoms with Gasteiger partial charge in [0.15, 0.2) is 5.03 Å². The summed E-state index contributed by atoms with van der Waals surface area (Å²) in [5.41, 5.74) is 1.65. The molecule has 208 valence electrons. The number of nitrogens with one attached hydrogen (secondary N) is 2. The minimum Gasteiger partial charge on any atom is -0.391 e. The Hall–Kier alpha value is -3.09. The molecule has 10 nitrogen and oxygen atoms in total. The van der Waals surface area contributed by atoms with Crippen LogP contribution in [0, 0.1) is 25.1 Å².